The van der Waals surface area contributed by atoms with Gasteiger partial charge in [0.1, 0.15) is 5.83 Å². The minimum Gasteiger partial charge on any atom is -0.370 e. The molecule has 0 radical (unpaired) electrons. The average Bonchev–Trinajstić information content (AvgIpc) is 3.09. The van der Waals surface area contributed by atoms with E-state index in [1.54, 1.807) is 13.0 Å². The van der Waals surface area contributed by atoms with Gasteiger partial charge in [0, 0.05) is 12.2 Å². The molecule has 3 N–H and O–H groups in total. The third kappa shape index (κ3) is 5.83. The number of aliphatic hydroxyl groups excluding tert-OH is 1. The maximum atomic E-state index is 15.3. The first-order valence-corrected chi connectivity index (χ1v) is 11.1. The van der Waals surface area contributed by atoms with Gasteiger partial charge in [-0.1, -0.05) is 19.9 Å². The highest BCUT2D eigenvalue weighted by molar-refractivity contribution is 5.79. The van der Waals surface area contributed by atoms with Crippen LogP contribution in [-0.4, -0.2) is 53.5 Å². The van der Waals surface area contributed by atoms with Crippen molar-refractivity contribution >= 4 is 11.6 Å². The first-order valence-electron chi connectivity index (χ1n) is 11.1. The molecule has 2 aliphatic rings. The normalized spacial score (nSPS) is 24.2. The molecule has 11 heteroatoms. The van der Waals surface area contributed by atoms with Gasteiger partial charge in [0.2, 0.25) is 11.8 Å². The lowest BCUT2D eigenvalue weighted by Gasteiger charge is -2.34. The van der Waals surface area contributed by atoms with Crippen molar-refractivity contribution in [1.82, 2.24) is 10.2 Å². The summed E-state index contributed by atoms with van der Waals surface area (Å²) in [6.45, 7) is 5.11. The molecule has 188 valence electrons. The molecule has 1 amide bonds. The largest absolute Gasteiger partial charge is 0.370 e. The second-order valence-corrected chi connectivity index (χ2v) is 8.96. The van der Waals surface area contributed by atoms with Crippen LogP contribution in [0.1, 0.15) is 44.2 Å². The zero-order chi connectivity index (χ0) is 25.9. The zero-order valence-electron chi connectivity index (χ0n) is 19.5. The number of amides is 1. The molecule has 1 fully saturated rings. The Bertz CT molecular complexity index is 1150. The number of halogens is 3. The van der Waals surface area contributed by atoms with E-state index < -0.39 is 36.2 Å². The number of allylic oxidation sites excluding steroid dienone is 1. The van der Waals surface area contributed by atoms with E-state index >= 15 is 4.39 Å². The molecule has 0 spiro atoms. The Morgan fingerprint density at radius 3 is 2.71 bits per heavy atom. The van der Waals surface area contributed by atoms with Crippen LogP contribution >= 0.6 is 0 Å². The van der Waals surface area contributed by atoms with Crippen LogP contribution in [0.3, 0.4) is 0 Å². The standard InChI is InChI=1S/C24H27F3N4O4/c1-13(2)17-9-19(32)18(5-4-14(17)10-28)30-24(3)7-6-15(8-20(24)25)31-12-16(35-23(31)34)11-29-22(33)21(26)27/h4-6,8-9,13,16,21,23,34H,7,11-12H2,1-3H3,(H,29,33)(H,30,32)/t16-,23?,24?/m0/s1. The number of aliphatic hydroxyl groups is 1. The molecule has 0 bridgehead atoms. The Kier molecular flexibility index (Phi) is 7.87. The summed E-state index contributed by atoms with van der Waals surface area (Å²) in [5.41, 5.74) is -0.240. The maximum Gasteiger partial charge on any atom is 0.315 e. The number of nitrogens with zero attached hydrogens (tertiary/aromatic N) is 2. The summed E-state index contributed by atoms with van der Waals surface area (Å²) < 4.78 is 45.2. The van der Waals surface area contributed by atoms with E-state index in [1.807, 2.05) is 19.2 Å². The maximum absolute atomic E-state index is 15.3. The lowest BCUT2D eigenvalue weighted by Crippen LogP contribution is -2.40. The predicted octanol–water partition coefficient (Wildman–Crippen LogP) is 2.71. The van der Waals surface area contributed by atoms with Crippen LogP contribution in [-0.2, 0) is 9.53 Å². The second-order valence-electron chi connectivity index (χ2n) is 8.96. The number of ether oxygens (including phenoxy) is 1. The molecule has 0 aromatic heterocycles. The third-order valence-corrected chi connectivity index (χ3v) is 5.97. The van der Waals surface area contributed by atoms with Crippen molar-refractivity contribution in [2.75, 3.05) is 18.4 Å². The molecular weight excluding hydrogens is 465 g/mol. The molecule has 1 heterocycles. The van der Waals surface area contributed by atoms with Crippen molar-refractivity contribution < 1.29 is 27.8 Å². The van der Waals surface area contributed by atoms with E-state index in [1.165, 1.54) is 29.2 Å². The highest BCUT2D eigenvalue weighted by atomic mass is 19.3. The first kappa shape index (κ1) is 26.2. The lowest BCUT2D eigenvalue weighted by molar-refractivity contribution is -0.143. The van der Waals surface area contributed by atoms with Crippen LogP contribution in [0.4, 0.5) is 18.9 Å². The van der Waals surface area contributed by atoms with Gasteiger partial charge in [0.15, 0.2) is 0 Å². The van der Waals surface area contributed by atoms with E-state index in [9.17, 15) is 28.7 Å². The van der Waals surface area contributed by atoms with Crippen LogP contribution in [0.5, 0.6) is 0 Å². The Hall–Kier alpha value is -3.36. The smallest absolute Gasteiger partial charge is 0.315 e. The molecule has 1 aliphatic heterocycles. The van der Waals surface area contributed by atoms with Crippen molar-refractivity contribution in [3.05, 3.63) is 63.2 Å². The topological polar surface area (TPSA) is 115 Å². The van der Waals surface area contributed by atoms with E-state index in [4.69, 9.17) is 4.74 Å². The summed E-state index contributed by atoms with van der Waals surface area (Å²) in [7, 11) is 0. The molecular formula is C24H27F3N4O4. The summed E-state index contributed by atoms with van der Waals surface area (Å²) in [5, 5.41) is 24.6. The van der Waals surface area contributed by atoms with Gasteiger partial charge in [-0.25, -0.2) is 4.39 Å². The first-order chi connectivity index (χ1) is 16.4. The Balaban J connectivity index is 1.74. The highest BCUT2D eigenvalue weighted by Gasteiger charge is 2.38. The van der Waals surface area contributed by atoms with E-state index in [-0.39, 0.29) is 36.5 Å². The average molecular weight is 492 g/mol. The predicted molar refractivity (Wildman–Crippen MR) is 122 cm³/mol. The van der Waals surface area contributed by atoms with Crippen molar-refractivity contribution in [2.24, 2.45) is 0 Å². The SMILES string of the molecule is CC(C)c1cc(=O)c(NC2(C)CC=C(N3C[C@H](CNC(=O)C(F)F)OC3O)C=C2F)ccc1C#N. The minimum atomic E-state index is -3.16. The zero-order valence-corrected chi connectivity index (χ0v) is 19.5. The van der Waals surface area contributed by atoms with Crippen LogP contribution in [0.15, 0.2) is 46.7 Å². The highest BCUT2D eigenvalue weighted by Crippen LogP contribution is 2.34. The molecule has 1 aliphatic carbocycles. The molecule has 1 aromatic rings. The number of carbonyl (C=O) groups excluding carboxylic acids is 1. The van der Waals surface area contributed by atoms with Crippen LogP contribution < -0.4 is 16.1 Å². The van der Waals surface area contributed by atoms with Gasteiger partial charge in [-0.05, 0) is 49.1 Å². The van der Waals surface area contributed by atoms with E-state index in [0.29, 0.717) is 16.8 Å². The van der Waals surface area contributed by atoms with Crippen molar-refractivity contribution in [3.63, 3.8) is 0 Å². The summed E-state index contributed by atoms with van der Waals surface area (Å²) in [4.78, 5) is 25.2. The third-order valence-electron chi connectivity index (χ3n) is 5.97. The Morgan fingerprint density at radius 1 is 1.40 bits per heavy atom. The van der Waals surface area contributed by atoms with Gasteiger partial charge in [0.05, 0.1) is 35.5 Å². The monoisotopic (exact) mass is 492 g/mol. The number of carbonyl (C=O) groups is 1. The molecule has 1 saturated heterocycles. The van der Waals surface area contributed by atoms with Gasteiger partial charge in [-0.2, -0.15) is 14.0 Å². The number of nitriles is 1. The molecule has 2 unspecified atom stereocenters. The summed E-state index contributed by atoms with van der Waals surface area (Å²) in [6.07, 6.45) is -2.43. The summed E-state index contributed by atoms with van der Waals surface area (Å²) in [5.74, 6) is -2.10. The van der Waals surface area contributed by atoms with Crippen molar-refractivity contribution in [3.8, 4) is 6.07 Å². The van der Waals surface area contributed by atoms with Crippen LogP contribution in [0.25, 0.3) is 0 Å². The molecule has 3 rings (SSSR count). The number of hydrogen-bond acceptors (Lipinski definition) is 7. The lowest BCUT2D eigenvalue weighted by atomic mass is 9.90. The second kappa shape index (κ2) is 10.5. The van der Waals surface area contributed by atoms with Crippen LogP contribution in [0.2, 0.25) is 0 Å². The van der Waals surface area contributed by atoms with E-state index in [0.717, 1.165) is 0 Å². The van der Waals surface area contributed by atoms with Crippen molar-refractivity contribution in [1.29, 1.82) is 5.26 Å². The molecule has 8 nitrogen and oxygen atoms in total. The number of nitrogens with one attached hydrogen (secondary N) is 2. The number of alkyl halides is 2. The number of hydrogen-bond donors (Lipinski definition) is 3. The molecule has 3 atom stereocenters. The Labute approximate surface area is 200 Å². The van der Waals surface area contributed by atoms with Gasteiger partial charge in [-0.3, -0.25) is 9.59 Å². The fraction of sp³-hybridized carbons (Fsp3) is 0.458. The number of anilines is 1. The van der Waals surface area contributed by atoms with Gasteiger partial charge in [0.25, 0.3) is 5.91 Å². The van der Waals surface area contributed by atoms with Crippen molar-refractivity contribution in [2.45, 2.75) is 57.6 Å². The van der Waals surface area contributed by atoms with Gasteiger partial charge >= 0.3 is 6.43 Å². The molecule has 1 aromatic carbocycles. The fourth-order valence-corrected chi connectivity index (χ4v) is 3.92. The summed E-state index contributed by atoms with van der Waals surface area (Å²) in [6, 6.07) is 6.44. The summed E-state index contributed by atoms with van der Waals surface area (Å²) >= 11 is 0. The van der Waals surface area contributed by atoms with Crippen LogP contribution in [0, 0.1) is 11.3 Å². The van der Waals surface area contributed by atoms with Gasteiger partial charge in [-0.15, -0.1) is 0 Å². The quantitative estimate of drug-likeness (QED) is 0.536. The minimum absolute atomic E-state index is 0.0403. The Morgan fingerprint density at radius 2 is 2.11 bits per heavy atom. The molecule has 0 saturated carbocycles. The fourth-order valence-electron chi connectivity index (χ4n) is 3.92. The van der Waals surface area contributed by atoms with Gasteiger partial charge < -0.3 is 25.4 Å². The van der Waals surface area contributed by atoms with E-state index in [2.05, 4.69) is 11.4 Å². The number of rotatable bonds is 7. The molecule has 35 heavy (non-hydrogen) atoms.